The number of hydrogen-bond acceptors (Lipinski definition) is 5. The van der Waals surface area contributed by atoms with E-state index in [-0.39, 0.29) is 0 Å². The Morgan fingerprint density at radius 2 is 2.00 bits per heavy atom. The first-order valence-corrected chi connectivity index (χ1v) is 5.28. The molecule has 0 aliphatic heterocycles. The van der Waals surface area contributed by atoms with Gasteiger partial charge < -0.3 is 10.1 Å². The number of oxime groups is 1. The van der Waals surface area contributed by atoms with Gasteiger partial charge in [0, 0.05) is 6.54 Å². The monoisotopic (exact) mass is 230 g/mol. The maximum atomic E-state index is 8.99. The number of benzene rings is 1. The number of fused-ring (bicyclic) bond motifs is 1. The molecule has 0 aliphatic carbocycles. The van der Waals surface area contributed by atoms with Crippen LogP contribution < -0.4 is 0 Å². The number of hydrogen-bond donors (Lipinski definition) is 1. The van der Waals surface area contributed by atoms with Crippen LogP contribution in [0.1, 0.15) is 5.69 Å². The maximum absolute atomic E-state index is 8.99. The Hall–Kier alpha value is -2.01. The average molecular weight is 230 g/mol. The van der Waals surface area contributed by atoms with Gasteiger partial charge in [0.15, 0.2) is 0 Å². The van der Waals surface area contributed by atoms with Gasteiger partial charge in [-0.15, -0.1) is 0 Å². The SMILES string of the molecule is CN(C)C/C(=N\O)c1cnc2ccccc2n1. The molecule has 5 heteroatoms. The molecule has 1 N–H and O–H groups in total. The van der Waals surface area contributed by atoms with Crippen LogP contribution in [0.25, 0.3) is 11.0 Å². The van der Waals surface area contributed by atoms with Crippen LogP contribution in [-0.2, 0) is 0 Å². The van der Waals surface area contributed by atoms with E-state index < -0.39 is 0 Å². The van der Waals surface area contributed by atoms with E-state index in [2.05, 4.69) is 15.1 Å². The van der Waals surface area contributed by atoms with Crippen molar-refractivity contribution in [3.63, 3.8) is 0 Å². The van der Waals surface area contributed by atoms with Crippen LogP contribution in [0.5, 0.6) is 0 Å². The van der Waals surface area contributed by atoms with Crippen LogP contribution in [0.15, 0.2) is 35.6 Å². The number of aromatic nitrogens is 2. The first-order chi connectivity index (χ1) is 8.20. The van der Waals surface area contributed by atoms with Crippen LogP contribution in [0.4, 0.5) is 0 Å². The predicted octanol–water partition coefficient (Wildman–Crippen LogP) is 1.37. The van der Waals surface area contributed by atoms with E-state index >= 15 is 0 Å². The summed E-state index contributed by atoms with van der Waals surface area (Å²) < 4.78 is 0. The molecule has 0 atom stereocenters. The molecule has 17 heavy (non-hydrogen) atoms. The topological polar surface area (TPSA) is 61.6 Å². The highest BCUT2D eigenvalue weighted by molar-refractivity contribution is 6.00. The highest BCUT2D eigenvalue weighted by Gasteiger charge is 2.08. The summed E-state index contributed by atoms with van der Waals surface area (Å²) in [6, 6.07) is 7.60. The Labute approximate surface area is 99.4 Å². The summed E-state index contributed by atoms with van der Waals surface area (Å²) in [5.74, 6) is 0. The Kier molecular flexibility index (Phi) is 3.30. The van der Waals surface area contributed by atoms with Crippen LogP contribution in [0.2, 0.25) is 0 Å². The highest BCUT2D eigenvalue weighted by atomic mass is 16.4. The molecule has 88 valence electrons. The Bertz CT molecular complexity index is 551. The maximum Gasteiger partial charge on any atom is 0.121 e. The lowest BCUT2D eigenvalue weighted by Gasteiger charge is -2.10. The molecular weight excluding hydrogens is 216 g/mol. The molecule has 1 heterocycles. The minimum absolute atomic E-state index is 0.508. The van der Waals surface area contributed by atoms with E-state index in [1.807, 2.05) is 43.3 Å². The normalized spacial score (nSPS) is 12.3. The summed E-state index contributed by atoms with van der Waals surface area (Å²) >= 11 is 0. The lowest BCUT2D eigenvalue weighted by atomic mass is 10.2. The first kappa shape index (κ1) is 11.5. The summed E-state index contributed by atoms with van der Waals surface area (Å²) in [6.07, 6.45) is 1.63. The first-order valence-electron chi connectivity index (χ1n) is 5.28. The van der Waals surface area contributed by atoms with Gasteiger partial charge in [-0.05, 0) is 26.2 Å². The molecule has 0 saturated carbocycles. The second-order valence-corrected chi connectivity index (χ2v) is 4.03. The molecule has 2 aromatic rings. The zero-order valence-electron chi connectivity index (χ0n) is 9.83. The molecule has 0 bridgehead atoms. The number of rotatable bonds is 3. The third kappa shape index (κ3) is 2.57. The third-order valence-electron chi connectivity index (χ3n) is 2.33. The fourth-order valence-electron chi connectivity index (χ4n) is 1.56. The fourth-order valence-corrected chi connectivity index (χ4v) is 1.56. The van der Waals surface area contributed by atoms with Crippen molar-refractivity contribution in [2.75, 3.05) is 20.6 Å². The van der Waals surface area contributed by atoms with E-state index in [9.17, 15) is 0 Å². The van der Waals surface area contributed by atoms with Gasteiger partial charge in [-0.3, -0.25) is 4.98 Å². The molecule has 1 aromatic carbocycles. The summed E-state index contributed by atoms with van der Waals surface area (Å²) in [4.78, 5) is 10.6. The zero-order valence-corrected chi connectivity index (χ0v) is 9.83. The Morgan fingerprint density at radius 1 is 1.29 bits per heavy atom. The fraction of sp³-hybridized carbons (Fsp3) is 0.250. The van der Waals surface area contributed by atoms with Crippen LogP contribution in [0.3, 0.4) is 0 Å². The molecule has 0 spiro atoms. The van der Waals surface area contributed by atoms with Crippen molar-refractivity contribution in [3.8, 4) is 0 Å². The minimum Gasteiger partial charge on any atom is -0.411 e. The van der Waals surface area contributed by atoms with Crippen LogP contribution in [-0.4, -0.2) is 46.4 Å². The Morgan fingerprint density at radius 3 is 2.65 bits per heavy atom. The lowest BCUT2D eigenvalue weighted by Crippen LogP contribution is -2.23. The Balaban J connectivity index is 2.41. The molecule has 1 aromatic heterocycles. The van der Waals surface area contributed by atoms with Crippen molar-refractivity contribution >= 4 is 16.7 Å². The smallest absolute Gasteiger partial charge is 0.121 e. The van der Waals surface area contributed by atoms with Gasteiger partial charge in [-0.1, -0.05) is 17.3 Å². The molecule has 2 rings (SSSR count). The van der Waals surface area contributed by atoms with Gasteiger partial charge in [0.2, 0.25) is 0 Å². The zero-order chi connectivity index (χ0) is 12.3. The standard InChI is InChI=1S/C12H14N4O/c1-16(2)8-12(15-17)11-7-13-9-5-3-4-6-10(9)14-11/h3-7,17H,8H2,1-2H3/b15-12+. The van der Waals surface area contributed by atoms with Crippen LogP contribution in [0, 0.1) is 0 Å². The van der Waals surface area contributed by atoms with Crippen molar-refractivity contribution in [1.82, 2.24) is 14.9 Å². The minimum atomic E-state index is 0.508. The molecular formula is C12H14N4O. The summed E-state index contributed by atoms with van der Waals surface area (Å²) in [5.41, 5.74) is 2.73. The van der Waals surface area contributed by atoms with Gasteiger partial charge in [0.1, 0.15) is 11.4 Å². The van der Waals surface area contributed by atoms with E-state index in [0.717, 1.165) is 11.0 Å². The number of likely N-dealkylation sites (N-methyl/N-ethyl adjacent to an activating group) is 1. The molecule has 5 nitrogen and oxygen atoms in total. The molecule has 0 saturated heterocycles. The van der Waals surface area contributed by atoms with Crippen molar-refractivity contribution in [2.45, 2.75) is 0 Å². The molecule has 0 unspecified atom stereocenters. The van der Waals surface area contributed by atoms with Crippen LogP contribution >= 0.6 is 0 Å². The molecule has 0 aliphatic rings. The second-order valence-electron chi connectivity index (χ2n) is 4.03. The van der Waals surface area contributed by atoms with E-state index in [1.54, 1.807) is 6.20 Å². The van der Waals surface area contributed by atoms with E-state index in [4.69, 9.17) is 5.21 Å². The van der Waals surface area contributed by atoms with E-state index in [1.165, 1.54) is 0 Å². The lowest BCUT2D eigenvalue weighted by molar-refractivity contribution is 0.314. The van der Waals surface area contributed by atoms with Gasteiger partial charge in [-0.2, -0.15) is 0 Å². The molecule has 0 radical (unpaired) electrons. The second kappa shape index (κ2) is 4.88. The number of nitrogens with zero attached hydrogens (tertiary/aromatic N) is 4. The van der Waals surface area contributed by atoms with Gasteiger partial charge in [-0.25, -0.2) is 4.98 Å². The van der Waals surface area contributed by atoms with Gasteiger partial charge in [0.05, 0.1) is 17.2 Å². The number of para-hydroxylation sites is 2. The third-order valence-corrected chi connectivity index (χ3v) is 2.33. The predicted molar refractivity (Wildman–Crippen MR) is 66.4 cm³/mol. The summed E-state index contributed by atoms with van der Waals surface area (Å²) in [6.45, 7) is 0.517. The quantitative estimate of drug-likeness (QED) is 0.491. The van der Waals surface area contributed by atoms with Gasteiger partial charge >= 0.3 is 0 Å². The van der Waals surface area contributed by atoms with Crippen molar-refractivity contribution in [2.24, 2.45) is 5.16 Å². The van der Waals surface area contributed by atoms with Crippen molar-refractivity contribution in [1.29, 1.82) is 0 Å². The largest absolute Gasteiger partial charge is 0.411 e. The van der Waals surface area contributed by atoms with Crippen molar-refractivity contribution < 1.29 is 5.21 Å². The average Bonchev–Trinajstić information content (AvgIpc) is 2.35. The summed E-state index contributed by atoms with van der Waals surface area (Å²) in [5, 5.41) is 12.3. The molecule has 0 fully saturated rings. The van der Waals surface area contributed by atoms with Crippen molar-refractivity contribution in [3.05, 3.63) is 36.2 Å². The highest BCUT2D eigenvalue weighted by Crippen LogP contribution is 2.09. The van der Waals surface area contributed by atoms with Gasteiger partial charge in [0.25, 0.3) is 0 Å². The van der Waals surface area contributed by atoms with E-state index in [0.29, 0.717) is 18.0 Å². The molecule has 0 amide bonds. The summed E-state index contributed by atoms with van der Waals surface area (Å²) in [7, 11) is 3.80.